The monoisotopic (exact) mass is 616 g/mol. The number of nitrogens with one attached hydrogen (secondary N) is 2. The highest BCUT2D eigenvalue weighted by Crippen LogP contribution is 2.44. The van der Waals surface area contributed by atoms with Gasteiger partial charge in [0.1, 0.15) is 19.3 Å². The van der Waals surface area contributed by atoms with Gasteiger partial charge in [-0.25, -0.2) is 9.59 Å². The molecule has 242 valence electrons. The van der Waals surface area contributed by atoms with E-state index < -0.39 is 18.1 Å². The fraction of sp³-hybridized carbons (Fsp3) is 0.531. The molecule has 0 aromatic heterocycles. The minimum Gasteiger partial charge on any atom is -0.480 e. The van der Waals surface area contributed by atoms with Crippen LogP contribution in [0.15, 0.2) is 48.5 Å². The highest BCUT2D eigenvalue weighted by atomic mass is 16.6. The number of benzene rings is 2. The molecule has 1 atom stereocenters. The molecule has 0 heterocycles. The first-order chi connectivity index (χ1) is 21.5. The van der Waals surface area contributed by atoms with Crippen LogP contribution in [0.1, 0.15) is 36.3 Å². The van der Waals surface area contributed by atoms with Crippen LogP contribution in [0.5, 0.6) is 0 Å². The van der Waals surface area contributed by atoms with E-state index in [1.807, 2.05) is 48.5 Å². The number of carboxylic acids is 1. The van der Waals surface area contributed by atoms with Crippen LogP contribution in [0.4, 0.5) is 4.79 Å². The van der Waals surface area contributed by atoms with Crippen molar-refractivity contribution in [3.8, 4) is 11.1 Å². The first kappa shape index (κ1) is 34.9. The zero-order valence-corrected chi connectivity index (χ0v) is 25.3. The summed E-state index contributed by atoms with van der Waals surface area (Å²) in [5.74, 6) is -1.52. The molecule has 12 nitrogen and oxygen atoms in total. The van der Waals surface area contributed by atoms with Crippen molar-refractivity contribution in [1.29, 1.82) is 0 Å². The number of methoxy groups -OCH3 is 1. The molecule has 1 aliphatic carbocycles. The van der Waals surface area contributed by atoms with Crippen LogP contribution in [0, 0.1) is 0 Å². The second kappa shape index (κ2) is 20.4. The normalized spacial score (nSPS) is 12.8. The number of unbranched alkanes of at least 4 members (excludes halogenated alkanes) is 1. The molecule has 44 heavy (non-hydrogen) atoms. The van der Waals surface area contributed by atoms with E-state index in [1.165, 1.54) is 0 Å². The number of hydrogen-bond donors (Lipinski definition) is 3. The molecule has 0 unspecified atom stereocenters. The van der Waals surface area contributed by atoms with Crippen LogP contribution in [0.3, 0.4) is 0 Å². The van der Waals surface area contributed by atoms with E-state index in [4.69, 9.17) is 28.4 Å². The third-order valence-electron chi connectivity index (χ3n) is 6.96. The van der Waals surface area contributed by atoms with Gasteiger partial charge < -0.3 is 44.2 Å². The van der Waals surface area contributed by atoms with E-state index in [-0.39, 0.29) is 38.1 Å². The smallest absolute Gasteiger partial charge is 0.407 e. The molecule has 3 rings (SSSR count). The van der Waals surface area contributed by atoms with Gasteiger partial charge in [-0.1, -0.05) is 48.5 Å². The number of aliphatic carboxylic acids is 1. The summed E-state index contributed by atoms with van der Waals surface area (Å²) in [6, 6.07) is 14.9. The molecule has 2 amide bonds. The summed E-state index contributed by atoms with van der Waals surface area (Å²) in [7, 11) is 1.62. The van der Waals surface area contributed by atoms with Crippen LogP contribution in [0.2, 0.25) is 0 Å². The molecule has 1 aliphatic rings. The third kappa shape index (κ3) is 12.2. The highest BCUT2D eigenvalue weighted by Gasteiger charge is 2.29. The summed E-state index contributed by atoms with van der Waals surface area (Å²) in [4.78, 5) is 36.2. The lowest BCUT2D eigenvalue weighted by Crippen LogP contribution is -2.41. The van der Waals surface area contributed by atoms with Gasteiger partial charge in [0, 0.05) is 19.6 Å². The molecule has 0 spiro atoms. The molecule has 0 fully saturated rings. The predicted octanol–water partition coefficient (Wildman–Crippen LogP) is 2.98. The van der Waals surface area contributed by atoms with Crippen molar-refractivity contribution in [3.05, 3.63) is 59.7 Å². The Morgan fingerprint density at radius 2 is 1.32 bits per heavy atom. The summed E-state index contributed by atoms with van der Waals surface area (Å²) in [6.45, 7) is 3.92. The third-order valence-corrected chi connectivity index (χ3v) is 6.96. The van der Waals surface area contributed by atoms with Crippen molar-refractivity contribution in [2.75, 3.05) is 79.7 Å². The van der Waals surface area contributed by atoms with Crippen molar-refractivity contribution >= 4 is 18.0 Å². The molecule has 0 bridgehead atoms. The molecule has 2 aromatic carbocycles. The van der Waals surface area contributed by atoms with E-state index >= 15 is 0 Å². The number of hydrogen-bond acceptors (Lipinski definition) is 9. The minimum absolute atomic E-state index is 0.0975. The van der Waals surface area contributed by atoms with Crippen LogP contribution < -0.4 is 10.6 Å². The Morgan fingerprint density at radius 1 is 0.773 bits per heavy atom. The Balaban J connectivity index is 1.21. The first-order valence-electron chi connectivity index (χ1n) is 14.9. The largest absolute Gasteiger partial charge is 0.480 e. The molecule has 2 aromatic rings. The lowest BCUT2D eigenvalue weighted by molar-refractivity contribution is -0.139. The van der Waals surface area contributed by atoms with E-state index in [2.05, 4.69) is 10.6 Å². The fourth-order valence-electron chi connectivity index (χ4n) is 4.76. The zero-order valence-electron chi connectivity index (χ0n) is 25.3. The fourth-order valence-corrected chi connectivity index (χ4v) is 4.76. The lowest BCUT2D eigenvalue weighted by Gasteiger charge is -2.17. The number of ether oxygens (including phenoxy) is 6. The number of carboxylic acid groups (broad SMARTS) is 1. The summed E-state index contributed by atoms with van der Waals surface area (Å²) in [5, 5.41) is 14.8. The Hall–Kier alpha value is -3.55. The minimum atomic E-state index is -1.14. The summed E-state index contributed by atoms with van der Waals surface area (Å²) in [5.41, 5.74) is 4.38. The van der Waals surface area contributed by atoms with E-state index in [1.54, 1.807) is 7.11 Å². The number of rotatable bonds is 23. The van der Waals surface area contributed by atoms with Crippen molar-refractivity contribution in [1.82, 2.24) is 10.6 Å². The topological polar surface area (TPSA) is 151 Å². The van der Waals surface area contributed by atoms with Crippen LogP contribution in [-0.4, -0.2) is 109 Å². The summed E-state index contributed by atoms with van der Waals surface area (Å²) in [6.07, 6.45) is 0.456. The van der Waals surface area contributed by atoms with Crippen molar-refractivity contribution in [2.45, 2.75) is 31.2 Å². The number of amides is 2. The first-order valence-corrected chi connectivity index (χ1v) is 14.9. The molecule has 0 aliphatic heterocycles. The van der Waals surface area contributed by atoms with Crippen molar-refractivity contribution in [3.63, 3.8) is 0 Å². The van der Waals surface area contributed by atoms with E-state index in [0.29, 0.717) is 65.6 Å². The Bertz CT molecular complexity index is 1120. The summed E-state index contributed by atoms with van der Waals surface area (Å²) < 4.78 is 31.7. The molecule has 0 radical (unpaired) electrons. The van der Waals surface area contributed by atoms with Gasteiger partial charge in [0.05, 0.1) is 52.9 Å². The average Bonchev–Trinajstić information content (AvgIpc) is 3.35. The van der Waals surface area contributed by atoms with Crippen molar-refractivity contribution < 1.29 is 47.9 Å². The molecule has 0 saturated carbocycles. The maximum Gasteiger partial charge on any atom is 0.407 e. The molecular formula is C32H44N2O10. The van der Waals surface area contributed by atoms with E-state index in [0.717, 1.165) is 22.3 Å². The Labute approximate surface area is 258 Å². The number of carbonyl (C=O) groups excluding carboxylic acids is 2. The van der Waals surface area contributed by atoms with Crippen LogP contribution in [-0.2, 0) is 38.0 Å². The van der Waals surface area contributed by atoms with Crippen LogP contribution in [0.25, 0.3) is 11.1 Å². The van der Waals surface area contributed by atoms with Gasteiger partial charge in [0.15, 0.2) is 0 Å². The predicted molar refractivity (Wildman–Crippen MR) is 162 cm³/mol. The SMILES string of the molecule is COCCOCCOCCOCCOCC(=O)NCCCC[C@H](NC(=O)OCC1c2ccccc2-c2ccccc21)C(=O)O. The highest BCUT2D eigenvalue weighted by molar-refractivity contribution is 5.81. The van der Waals surface area contributed by atoms with Crippen LogP contribution >= 0.6 is 0 Å². The average molecular weight is 617 g/mol. The standard InChI is InChI=1S/C32H44N2O10/c1-39-14-15-40-16-17-41-18-19-42-20-21-43-23-30(35)33-13-7-6-12-29(31(36)37)34-32(38)44-22-28-26-10-4-2-8-24(26)25-9-3-5-11-27(25)28/h2-5,8-11,28-29H,6-7,12-23H2,1H3,(H,33,35)(H,34,38)(H,36,37)/t29-/m0/s1. The van der Waals surface area contributed by atoms with Gasteiger partial charge in [-0.3, -0.25) is 4.79 Å². The lowest BCUT2D eigenvalue weighted by atomic mass is 9.98. The van der Waals surface area contributed by atoms with Gasteiger partial charge >= 0.3 is 12.1 Å². The van der Waals surface area contributed by atoms with Gasteiger partial charge in [0.25, 0.3) is 0 Å². The molecule has 3 N–H and O–H groups in total. The molecular weight excluding hydrogens is 572 g/mol. The molecule has 0 saturated heterocycles. The second-order valence-electron chi connectivity index (χ2n) is 10.1. The number of fused-ring (bicyclic) bond motifs is 3. The quantitative estimate of drug-likeness (QED) is 0.159. The molecule has 12 heteroatoms. The Kier molecular flexibility index (Phi) is 16.2. The number of alkyl carbamates (subject to hydrolysis) is 1. The van der Waals surface area contributed by atoms with Crippen molar-refractivity contribution in [2.24, 2.45) is 0 Å². The number of carbonyl (C=O) groups is 3. The van der Waals surface area contributed by atoms with Gasteiger partial charge in [-0.2, -0.15) is 0 Å². The second-order valence-corrected chi connectivity index (χ2v) is 10.1. The van der Waals surface area contributed by atoms with E-state index in [9.17, 15) is 19.5 Å². The van der Waals surface area contributed by atoms with Gasteiger partial charge in [-0.15, -0.1) is 0 Å². The van der Waals surface area contributed by atoms with Gasteiger partial charge in [-0.05, 0) is 41.5 Å². The zero-order chi connectivity index (χ0) is 31.4. The maximum atomic E-state index is 12.5. The maximum absolute atomic E-state index is 12.5. The van der Waals surface area contributed by atoms with Gasteiger partial charge in [0.2, 0.25) is 5.91 Å². The Morgan fingerprint density at radius 3 is 1.89 bits per heavy atom. The summed E-state index contributed by atoms with van der Waals surface area (Å²) >= 11 is 0.